The summed E-state index contributed by atoms with van der Waals surface area (Å²) in [5, 5.41) is 0.797. The quantitative estimate of drug-likeness (QED) is 0.712. The minimum Gasteiger partial charge on any atom is -0.365 e. The summed E-state index contributed by atoms with van der Waals surface area (Å²) in [6, 6.07) is 4.86. The van der Waals surface area contributed by atoms with Gasteiger partial charge in [-0.25, -0.2) is 9.37 Å². The number of nitrogens with two attached hydrogens (primary N) is 1. The van der Waals surface area contributed by atoms with Crippen LogP contribution in [0.15, 0.2) is 30.6 Å². The lowest BCUT2D eigenvalue weighted by Gasteiger charge is -2.12. The maximum atomic E-state index is 14.4. The number of H-pyrrole nitrogens is 1. The third-order valence-electron chi connectivity index (χ3n) is 3.38. The van der Waals surface area contributed by atoms with E-state index in [1.54, 1.807) is 19.2 Å². The Kier molecular flexibility index (Phi) is 3.14. The lowest BCUT2D eigenvalue weighted by Crippen LogP contribution is -2.15. The molecule has 1 aromatic carbocycles. The van der Waals surface area contributed by atoms with Crippen LogP contribution in [0.4, 0.5) is 4.39 Å². The average Bonchev–Trinajstić information content (AvgIpc) is 2.87. The molecule has 21 heavy (non-hydrogen) atoms. The molecule has 0 atom stereocenters. The first-order chi connectivity index (χ1) is 9.99. The van der Waals surface area contributed by atoms with Gasteiger partial charge in [0.15, 0.2) is 0 Å². The summed E-state index contributed by atoms with van der Waals surface area (Å²) in [6.07, 6.45) is 3.21. The van der Waals surface area contributed by atoms with Crippen LogP contribution in [0, 0.1) is 12.7 Å². The van der Waals surface area contributed by atoms with Crippen molar-refractivity contribution in [3.8, 4) is 11.1 Å². The molecule has 4 nitrogen and oxygen atoms in total. The van der Waals surface area contributed by atoms with Crippen LogP contribution < -0.4 is 5.73 Å². The Balaban J connectivity index is 2.39. The van der Waals surface area contributed by atoms with Crippen molar-refractivity contribution in [2.24, 2.45) is 5.73 Å². The number of aromatic amines is 1. The van der Waals surface area contributed by atoms with Crippen molar-refractivity contribution in [2.75, 3.05) is 0 Å². The van der Waals surface area contributed by atoms with Gasteiger partial charge in [-0.2, -0.15) is 0 Å². The number of hydrogen-bond donors (Lipinski definition) is 2. The second-order valence-electron chi connectivity index (χ2n) is 4.74. The first kappa shape index (κ1) is 13.6. The van der Waals surface area contributed by atoms with Gasteiger partial charge in [0, 0.05) is 34.4 Å². The molecule has 0 saturated heterocycles. The van der Waals surface area contributed by atoms with Crippen molar-refractivity contribution < 1.29 is 9.18 Å². The van der Waals surface area contributed by atoms with E-state index in [0.29, 0.717) is 16.6 Å². The van der Waals surface area contributed by atoms with Crippen LogP contribution in [0.25, 0.3) is 22.0 Å². The number of nitrogens with zero attached hydrogens (tertiary/aromatic N) is 1. The Hall–Kier alpha value is -2.40. The number of nitrogens with one attached hydrogen (secondary N) is 1. The van der Waals surface area contributed by atoms with Gasteiger partial charge in [-0.3, -0.25) is 4.79 Å². The van der Waals surface area contributed by atoms with Gasteiger partial charge in [-0.15, -0.1) is 0 Å². The molecule has 1 amide bonds. The van der Waals surface area contributed by atoms with Gasteiger partial charge in [0.05, 0.1) is 5.56 Å². The Morgan fingerprint density at radius 1 is 1.43 bits per heavy atom. The molecule has 0 radical (unpaired) electrons. The zero-order chi connectivity index (χ0) is 15.1. The van der Waals surface area contributed by atoms with Crippen molar-refractivity contribution in [1.29, 1.82) is 0 Å². The molecule has 0 saturated carbocycles. The Morgan fingerprint density at radius 3 is 2.90 bits per heavy atom. The number of pyridine rings is 1. The number of carbonyl (C=O) groups is 1. The Labute approximate surface area is 124 Å². The number of benzene rings is 1. The van der Waals surface area contributed by atoms with E-state index < -0.39 is 11.7 Å². The number of fused-ring (bicyclic) bond motifs is 1. The smallest absolute Gasteiger partial charge is 0.252 e. The zero-order valence-corrected chi connectivity index (χ0v) is 11.8. The number of halogens is 2. The van der Waals surface area contributed by atoms with Gasteiger partial charge < -0.3 is 10.7 Å². The van der Waals surface area contributed by atoms with Crippen molar-refractivity contribution in [2.45, 2.75) is 6.92 Å². The fourth-order valence-corrected chi connectivity index (χ4v) is 2.66. The van der Waals surface area contributed by atoms with Crippen LogP contribution in [0.1, 0.15) is 15.9 Å². The standard InChI is InChI=1S/C15H11ClFN3O/c1-7-6-20-14(16)13(15(18)21)12(7)9-4-8-2-3-19-11(8)5-10(9)17/h2-6,19H,1H3,(H2,18,21). The van der Waals surface area contributed by atoms with E-state index in [9.17, 15) is 9.18 Å². The van der Waals surface area contributed by atoms with Crippen LogP contribution >= 0.6 is 11.6 Å². The Morgan fingerprint density at radius 2 is 2.19 bits per heavy atom. The van der Waals surface area contributed by atoms with E-state index >= 15 is 0 Å². The van der Waals surface area contributed by atoms with Gasteiger partial charge in [-0.1, -0.05) is 11.6 Å². The second-order valence-corrected chi connectivity index (χ2v) is 5.10. The van der Waals surface area contributed by atoms with Crippen LogP contribution in [-0.4, -0.2) is 15.9 Å². The SMILES string of the molecule is Cc1cnc(Cl)c(C(N)=O)c1-c1cc2cc[nH]c2cc1F. The molecule has 106 valence electrons. The molecule has 0 spiro atoms. The third-order valence-corrected chi connectivity index (χ3v) is 3.67. The van der Waals surface area contributed by atoms with Crippen molar-refractivity contribution in [1.82, 2.24) is 9.97 Å². The minimum absolute atomic E-state index is 0.0309. The highest BCUT2D eigenvalue weighted by Crippen LogP contribution is 2.34. The highest BCUT2D eigenvalue weighted by atomic mass is 35.5. The van der Waals surface area contributed by atoms with Crippen molar-refractivity contribution in [3.05, 3.63) is 52.7 Å². The number of carbonyl (C=O) groups excluding carboxylic acids is 1. The summed E-state index contributed by atoms with van der Waals surface area (Å²) in [5.41, 5.74) is 7.36. The number of hydrogen-bond acceptors (Lipinski definition) is 2. The molecule has 0 aliphatic rings. The van der Waals surface area contributed by atoms with Gasteiger partial charge in [0.25, 0.3) is 5.91 Å². The number of primary amides is 1. The fourth-order valence-electron chi connectivity index (χ4n) is 2.42. The number of rotatable bonds is 2. The lowest BCUT2D eigenvalue weighted by molar-refractivity contribution is 0.100. The van der Waals surface area contributed by atoms with E-state index in [2.05, 4.69) is 9.97 Å². The molecule has 3 rings (SSSR count). The molecule has 2 aromatic heterocycles. The molecule has 0 aliphatic carbocycles. The first-order valence-corrected chi connectivity index (χ1v) is 6.58. The molecule has 2 heterocycles. The number of amides is 1. The van der Waals surface area contributed by atoms with E-state index in [-0.39, 0.29) is 16.3 Å². The molecule has 0 fully saturated rings. The molecule has 3 N–H and O–H groups in total. The average molecular weight is 304 g/mol. The summed E-state index contributed by atoms with van der Waals surface area (Å²) >= 11 is 5.96. The molecule has 6 heteroatoms. The fraction of sp³-hybridized carbons (Fsp3) is 0.0667. The minimum atomic E-state index is -0.736. The maximum Gasteiger partial charge on any atom is 0.252 e. The van der Waals surface area contributed by atoms with E-state index in [1.807, 2.05) is 6.07 Å². The van der Waals surface area contributed by atoms with Gasteiger partial charge >= 0.3 is 0 Å². The van der Waals surface area contributed by atoms with E-state index in [1.165, 1.54) is 12.3 Å². The topological polar surface area (TPSA) is 71.8 Å². The third kappa shape index (κ3) is 2.15. The molecule has 0 bridgehead atoms. The number of aromatic nitrogens is 2. The van der Waals surface area contributed by atoms with Gasteiger partial charge in [0.1, 0.15) is 11.0 Å². The van der Waals surface area contributed by atoms with Crippen molar-refractivity contribution in [3.63, 3.8) is 0 Å². The molecule has 0 unspecified atom stereocenters. The second kappa shape index (κ2) is 4.86. The first-order valence-electron chi connectivity index (χ1n) is 6.21. The van der Waals surface area contributed by atoms with Gasteiger partial charge in [-0.05, 0) is 30.7 Å². The summed E-state index contributed by atoms with van der Waals surface area (Å²) < 4.78 is 14.4. The zero-order valence-electron chi connectivity index (χ0n) is 11.1. The Bertz CT molecular complexity index is 873. The van der Waals surface area contributed by atoms with Crippen LogP contribution in [0.5, 0.6) is 0 Å². The van der Waals surface area contributed by atoms with Crippen LogP contribution in [0.3, 0.4) is 0 Å². The van der Waals surface area contributed by atoms with E-state index in [4.69, 9.17) is 17.3 Å². The van der Waals surface area contributed by atoms with Crippen molar-refractivity contribution >= 4 is 28.4 Å². The lowest BCUT2D eigenvalue weighted by atomic mass is 9.95. The summed E-state index contributed by atoms with van der Waals surface area (Å²) in [6.45, 7) is 1.73. The monoisotopic (exact) mass is 303 g/mol. The van der Waals surface area contributed by atoms with Crippen LogP contribution in [0.2, 0.25) is 5.15 Å². The maximum absolute atomic E-state index is 14.4. The molecular formula is C15H11ClFN3O. The largest absolute Gasteiger partial charge is 0.365 e. The number of aryl methyl sites for hydroxylation is 1. The summed E-state index contributed by atoms with van der Waals surface area (Å²) in [5.74, 6) is -1.20. The normalized spacial score (nSPS) is 11.0. The highest BCUT2D eigenvalue weighted by molar-refractivity contribution is 6.33. The van der Waals surface area contributed by atoms with E-state index in [0.717, 1.165) is 5.39 Å². The molecule has 3 aromatic rings. The van der Waals surface area contributed by atoms with Gasteiger partial charge in [0.2, 0.25) is 0 Å². The van der Waals surface area contributed by atoms with Crippen LogP contribution in [-0.2, 0) is 0 Å². The highest BCUT2D eigenvalue weighted by Gasteiger charge is 2.20. The molecular weight excluding hydrogens is 293 g/mol. The summed E-state index contributed by atoms with van der Waals surface area (Å²) in [4.78, 5) is 18.5. The predicted octanol–water partition coefficient (Wildman–Crippen LogP) is 3.43. The predicted molar refractivity (Wildman–Crippen MR) is 79.8 cm³/mol. The summed E-state index contributed by atoms with van der Waals surface area (Å²) in [7, 11) is 0. The molecule has 0 aliphatic heterocycles.